The first kappa shape index (κ1) is 21.4. The van der Waals surface area contributed by atoms with Crippen LogP contribution in [-0.4, -0.2) is 33.7 Å². The largest absolute Gasteiger partial charge is 0.493 e. The number of rotatable bonds is 8. The molecule has 0 spiro atoms. The minimum Gasteiger partial charge on any atom is -0.493 e. The second kappa shape index (κ2) is 10.0. The second-order valence-electron chi connectivity index (χ2n) is 7.57. The molecule has 1 aliphatic heterocycles. The summed E-state index contributed by atoms with van der Waals surface area (Å²) in [5, 5.41) is 9.77. The molecule has 0 amide bonds. The molecule has 0 N–H and O–H groups in total. The number of thioether (sulfide) groups is 1. The standard InChI is InChI=1S/C26H25N3O3S/c1-2-19-9-8-12-21(17-19)30-15-16-33-26-28-27-25(29(26)20-10-4-3-5-11-20)24-18-31-22-13-6-7-14-23(22)32-24/h3-14,17,24H,2,15-16,18H2,1H3/t24-/m1/s1. The van der Waals surface area contributed by atoms with Crippen molar-refractivity contribution in [1.29, 1.82) is 0 Å². The molecule has 7 heteroatoms. The zero-order chi connectivity index (χ0) is 22.5. The minimum absolute atomic E-state index is 0.352. The zero-order valence-electron chi connectivity index (χ0n) is 18.4. The van der Waals surface area contributed by atoms with Crippen LogP contribution in [0.5, 0.6) is 17.2 Å². The summed E-state index contributed by atoms with van der Waals surface area (Å²) in [4.78, 5) is 0. The molecular weight excluding hydrogens is 434 g/mol. The van der Waals surface area contributed by atoms with E-state index in [1.54, 1.807) is 11.8 Å². The Morgan fingerprint density at radius 1 is 0.970 bits per heavy atom. The lowest BCUT2D eigenvalue weighted by Crippen LogP contribution is -2.24. The van der Waals surface area contributed by atoms with Crippen LogP contribution in [0.25, 0.3) is 5.69 Å². The summed E-state index contributed by atoms with van der Waals surface area (Å²) in [5.74, 6) is 3.82. The van der Waals surface area contributed by atoms with Gasteiger partial charge in [-0.05, 0) is 48.4 Å². The summed E-state index contributed by atoms with van der Waals surface area (Å²) in [7, 11) is 0. The van der Waals surface area contributed by atoms with Crippen LogP contribution in [0.2, 0.25) is 0 Å². The van der Waals surface area contributed by atoms with Gasteiger partial charge in [0.15, 0.2) is 28.6 Å². The van der Waals surface area contributed by atoms with Gasteiger partial charge < -0.3 is 14.2 Å². The zero-order valence-corrected chi connectivity index (χ0v) is 19.2. The lowest BCUT2D eigenvalue weighted by atomic mass is 10.2. The maximum atomic E-state index is 6.22. The molecule has 0 radical (unpaired) electrons. The van der Waals surface area contributed by atoms with Crippen molar-refractivity contribution in [2.45, 2.75) is 24.6 Å². The average Bonchev–Trinajstić information content (AvgIpc) is 3.31. The summed E-state index contributed by atoms with van der Waals surface area (Å²) in [6, 6.07) is 26.0. The molecule has 0 unspecified atom stereocenters. The molecule has 3 aromatic carbocycles. The van der Waals surface area contributed by atoms with Crippen LogP contribution in [0.1, 0.15) is 24.4 Å². The summed E-state index contributed by atoms with van der Waals surface area (Å²) >= 11 is 1.61. The van der Waals surface area contributed by atoms with E-state index >= 15 is 0 Å². The number of para-hydroxylation sites is 3. The SMILES string of the molecule is CCc1cccc(OCCSc2nnc([C@H]3COc4ccccc4O3)n2-c2ccccc2)c1. The van der Waals surface area contributed by atoms with Crippen LogP contribution in [0, 0.1) is 0 Å². The Bertz CT molecular complexity index is 1210. The van der Waals surface area contributed by atoms with Gasteiger partial charge in [0.25, 0.3) is 0 Å². The number of hydrogen-bond acceptors (Lipinski definition) is 6. The van der Waals surface area contributed by atoms with Gasteiger partial charge in [-0.15, -0.1) is 10.2 Å². The molecule has 0 bridgehead atoms. The number of nitrogens with zero attached hydrogens (tertiary/aromatic N) is 3. The van der Waals surface area contributed by atoms with E-state index in [1.807, 2.05) is 71.3 Å². The highest BCUT2D eigenvalue weighted by Crippen LogP contribution is 2.36. The van der Waals surface area contributed by atoms with Gasteiger partial charge in [-0.25, -0.2) is 0 Å². The lowest BCUT2D eigenvalue weighted by molar-refractivity contribution is 0.0835. The number of ether oxygens (including phenoxy) is 3. The Morgan fingerprint density at radius 2 is 1.79 bits per heavy atom. The van der Waals surface area contributed by atoms with Gasteiger partial charge in [0.2, 0.25) is 0 Å². The molecule has 0 aliphatic carbocycles. The Labute approximate surface area is 197 Å². The highest BCUT2D eigenvalue weighted by Gasteiger charge is 2.29. The molecule has 6 nitrogen and oxygen atoms in total. The average molecular weight is 460 g/mol. The van der Waals surface area contributed by atoms with E-state index < -0.39 is 0 Å². The molecule has 0 fully saturated rings. The molecule has 168 valence electrons. The number of benzene rings is 3. The van der Waals surface area contributed by atoms with Gasteiger partial charge >= 0.3 is 0 Å². The van der Waals surface area contributed by atoms with Gasteiger partial charge in [-0.2, -0.15) is 0 Å². The van der Waals surface area contributed by atoms with Gasteiger partial charge in [0.1, 0.15) is 12.4 Å². The number of aryl methyl sites for hydroxylation is 1. The monoisotopic (exact) mass is 459 g/mol. The summed E-state index contributed by atoms with van der Waals surface area (Å²) in [5.41, 5.74) is 2.25. The Hall–Kier alpha value is -3.45. The maximum Gasteiger partial charge on any atom is 0.196 e. The molecule has 33 heavy (non-hydrogen) atoms. The van der Waals surface area contributed by atoms with Crippen molar-refractivity contribution < 1.29 is 14.2 Å². The predicted molar refractivity (Wildman–Crippen MR) is 129 cm³/mol. The summed E-state index contributed by atoms with van der Waals surface area (Å²) in [6.07, 6.45) is 0.641. The van der Waals surface area contributed by atoms with Crippen LogP contribution < -0.4 is 14.2 Å². The molecule has 1 atom stereocenters. The first-order valence-corrected chi connectivity index (χ1v) is 12.0. The number of hydrogen-bond donors (Lipinski definition) is 0. The molecule has 0 saturated heterocycles. The molecule has 4 aromatic rings. The van der Waals surface area contributed by atoms with E-state index in [4.69, 9.17) is 14.2 Å². The van der Waals surface area contributed by atoms with Gasteiger partial charge in [-0.3, -0.25) is 4.57 Å². The molecule has 1 aliphatic rings. The summed E-state index contributed by atoms with van der Waals surface area (Å²) in [6.45, 7) is 3.09. The molecular formula is C26H25N3O3S. The van der Waals surface area contributed by atoms with E-state index in [2.05, 4.69) is 29.3 Å². The molecule has 0 saturated carbocycles. The van der Waals surface area contributed by atoms with Crippen molar-refractivity contribution in [3.05, 3.63) is 90.3 Å². The normalized spacial score (nSPS) is 14.8. The fourth-order valence-corrected chi connectivity index (χ4v) is 4.47. The Kier molecular flexibility index (Phi) is 6.48. The van der Waals surface area contributed by atoms with Crippen LogP contribution >= 0.6 is 11.8 Å². The van der Waals surface area contributed by atoms with E-state index in [9.17, 15) is 0 Å². The second-order valence-corrected chi connectivity index (χ2v) is 8.64. The van der Waals surface area contributed by atoms with Gasteiger partial charge in [0.05, 0.1) is 6.61 Å². The number of fused-ring (bicyclic) bond motifs is 1. The third-order valence-corrected chi connectivity index (χ3v) is 6.25. The lowest BCUT2D eigenvalue weighted by Gasteiger charge is -2.26. The predicted octanol–water partition coefficient (Wildman–Crippen LogP) is 5.51. The molecule has 1 aromatic heterocycles. The van der Waals surface area contributed by atoms with Crippen molar-refractivity contribution in [3.8, 4) is 22.9 Å². The molecule has 2 heterocycles. The van der Waals surface area contributed by atoms with Crippen LogP contribution in [0.15, 0.2) is 84.0 Å². The summed E-state index contributed by atoms with van der Waals surface area (Å²) < 4.78 is 20.1. The van der Waals surface area contributed by atoms with Crippen LogP contribution in [0.3, 0.4) is 0 Å². The van der Waals surface area contributed by atoms with Gasteiger partial charge in [0, 0.05) is 11.4 Å². The molecule has 5 rings (SSSR count). The van der Waals surface area contributed by atoms with Crippen molar-refractivity contribution >= 4 is 11.8 Å². The smallest absolute Gasteiger partial charge is 0.196 e. The van der Waals surface area contributed by atoms with Crippen molar-refractivity contribution in [1.82, 2.24) is 14.8 Å². The van der Waals surface area contributed by atoms with Crippen LogP contribution in [-0.2, 0) is 6.42 Å². The highest BCUT2D eigenvalue weighted by molar-refractivity contribution is 7.99. The first-order chi connectivity index (χ1) is 16.3. The highest BCUT2D eigenvalue weighted by atomic mass is 32.2. The first-order valence-electron chi connectivity index (χ1n) is 11.1. The van der Waals surface area contributed by atoms with E-state index in [-0.39, 0.29) is 6.10 Å². The van der Waals surface area contributed by atoms with E-state index in [0.717, 1.165) is 40.3 Å². The van der Waals surface area contributed by atoms with Crippen molar-refractivity contribution in [3.63, 3.8) is 0 Å². The quantitative estimate of drug-likeness (QED) is 0.256. The van der Waals surface area contributed by atoms with E-state index in [1.165, 1.54) is 5.56 Å². The van der Waals surface area contributed by atoms with Gasteiger partial charge in [-0.1, -0.05) is 61.2 Å². The minimum atomic E-state index is -0.352. The fourth-order valence-electron chi connectivity index (χ4n) is 3.70. The van der Waals surface area contributed by atoms with Crippen molar-refractivity contribution in [2.24, 2.45) is 0 Å². The third kappa shape index (κ3) is 4.83. The third-order valence-electron chi connectivity index (χ3n) is 5.36. The maximum absolute atomic E-state index is 6.22. The van der Waals surface area contributed by atoms with Crippen LogP contribution in [0.4, 0.5) is 0 Å². The fraction of sp³-hybridized carbons (Fsp3) is 0.231. The Balaban J connectivity index is 1.33. The van der Waals surface area contributed by atoms with E-state index in [0.29, 0.717) is 19.0 Å². The Morgan fingerprint density at radius 3 is 2.64 bits per heavy atom. The number of aromatic nitrogens is 3. The topological polar surface area (TPSA) is 58.4 Å². The van der Waals surface area contributed by atoms with Crippen molar-refractivity contribution in [2.75, 3.05) is 19.0 Å².